The van der Waals surface area contributed by atoms with Crippen molar-refractivity contribution in [3.8, 4) is 11.3 Å². The first-order valence-corrected chi connectivity index (χ1v) is 6.43. The molecule has 20 heavy (non-hydrogen) atoms. The molecule has 5 heteroatoms. The predicted molar refractivity (Wildman–Crippen MR) is 76.1 cm³/mol. The van der Waals surface area contributed by atoms with E-state index in [2.05, 4.69) is 4.98 Å². The second kappa shape index (κ2) is 5.36. The average molecular weight is 274 g/mol. The molecule has 1 aromatic heterocycles. The van der Waals surface area contributed by atoms with E-state index < -0.39 is 11.7 Å². The molecule has 0 aliphatic heterocycles. The van der Waals surface area contributed by atoms with E-state index in [1.165, 1.54) is 6.20 Å². The van der Waals surface area contributed by atoms with Gasteiger partial charge in [-0.1, -0.05) is 51.1 Å². The minimum atomic E-state index is -0.467. The van der Waals surface area contributed by atoms with Crippen LogP contribution in [0.2, 0.25) is 0 Å². The van der Waals surface area contributed by atoms with Crippen molar-refractivity contribution in [1.29, 1.82) is 0 Å². The minimum Gasteiger partial charge on any atom is -0.332 e. The molecule has 0 amide bonds. The monoisotopic (exact) mass is 274 g/mol. The Balaban J connectivity index is 2.17. The van der Waals surface area contributed by atoms with Crippen molar-refractivity contribution in [2.24, 2.45) is 5.41 Å². The molecule has 0 radical (unpaired) electrons. The molecule has 0 atom stereocenters. The lowest BCUT2D eigenvalue weighted by Crippen LogP contribution is -2.30. The molecule has 0 saturated heterocycles. The Hall–Kier alpha value is -2.30. The number of aromatic nitrogens is 2. The molecular formula is C15H18N2O3. The van der Waals surface area contributed by atoms with E-state index in [9.17, 15) is 9.59 Å². The first-order chi connectivity index (χ1) is 9.35. The number of H-pyrrole nitrogens is 1. The van der Waals surface area contributed by atoms with Crippen molar-refractivity contribution >= 4 is 5.97 Å². The van der Waals surface area contributed by atoms with Gasteiger partial charge in [0, 0.05) is 0 Å². The van der Waals surface area contributed by atoms with Crippen LogP contribution in [0.25, 0.3) is 11.3 Å². The third-order valence-corrected chi connectivity index (χ3v) is 2.65. The van der Waals surface area contributed by atoms with Gasteiger partial charge < -0.3 is 9.82 Å². The molecule has 106 valence electrons. The molecule has 0 saturated carbocycles. The minimum absolute atomic E-state index is 0.181. The van der Waals surface area contributed by atoms with Gasteiger partial charge in [0.2, 0.25) is 0 Å². The zero-order valence-electron chi connectivity index (χ0n) is 11.8. The summed E-state index contributed by atoms with van der Waals surface area (Å²) >= 11 is 0. The smallest absolute Gasteiger partial charge is 0.332 e. The van der Waals surface area contributed by atoms with Gasteiger partial charge in [-0.3, -0.25) is 0 Å². The zero-order chi connectivity index (χ0) is 14.8. The Bertz CT molecular complexity index is 648. The first kappa shape index (κ1) is 14.1. The molecular weight excluding hydrogens is 256 g/mol. The largest absolute Gasteiger partial charge is 0.359 e. The van der Waals surface area contributed by atoms with Crippen molar-refractivity contribution in [3.05, 3.63) is 47.0 Å². The van der Waals surface area contributed by atoms with E-state index in [0.29, 0.717) is 5.69 Å². The van der Waals surface area contributed by atoms with Gasteiger partial charge in [0.05, 0.1) is 18.3 Å². The van der Waals surface area contributed by atoms with Gasteiger partial charge >= 0.3 is 11.7 Å². The predicted octanol–water partition coefficient (Wildman–Crippen LogP) is 2.23. The maximum absolute atomic E-state index is 11.7. The van der Waals surface area contributed by atoms with E-state index in [-0.39, 0.29) is 11.8 Å². The summed E-state index contributed by atoms with van der Waals surface area (Å²) in [6.45, 7) is 5.80. The highest BCUT2D eigenvalue weighted by molar-refractivity contribution is 5.70. The van der Waals surface area contributed by atoms with Crippen molar-refractivity contribution in [1.82, 2.24) is 9.71 Å². The number of nitrogens with zero attached hydrogens (tertiary/aromatic N) is 1. The summed E-state index contributed by atoms with van der Waals surface area (Å²) < 4.78 is 0.941. The number of carbonyl (C=O) groups excluding carboxylic acids is 1. The first-order valence-electron chi connectivity index (χ1n) is 6.43. The highest BCUT2D eigenvalue weighted by Crippen LogP contribution is 2.18. The number of hydrogen-bond donors (Lipinski definition) is 1. The molecule has 2 rings (SSSR count). The van der Waals surface area contributed by atoms with Crippen LogP contribution < -0.4 is 10.5 Å². The summed E-state index contributed by atoms with van der Waals surface area (Å²) in [6, 6.07) is 9.37. The highest BCUT2D eigenvalue weighted by Gasteiger charge is 2.19. The third-order valence-electron chi connectivity index (χ3n) is 2.65. The van der Waals surface area contributed by atoms with Crippen molar-refractivity contribution in [2.75, 3.05) is 0 Å². The molecule has 0 aliphatic rings. The summed E-state index contributed by atoms with van der Waals surface area (Å²) in [5.74, 6) is -0.432. The lowest BCUT2D eigenvalue weighted by atomic mass is 9.93. The maximum Gasteiger partial charge on any atom is 0.359 e. The third kappa shape index (κ3) is 3.60. The fraction of sp³-hybridized carbons (Fsp3) is 0.333. The van der Waals surface area contributed by atoms with E-state index in [1.54, 1.807) is 0 Å². The van der Waals surface area contributed by atoms with Gasteiger partial charge in [-0.05, 0) is 11.0 Å². The Kier molecular flexibility index (Phi) is 3.79. The number of aromatic amines is 1. The number of nitrogens with one attached hydrogen (secondary N) is 1. The van der Waals surface area contributed by atoms with E-state index in [1.807, 2.05) is 51.1 Å². The molecule has 0 fully saturated rings. The van der Waals surface area contributed by atoms with Crippen molar-refractivity contribution in [2.45, 2.75) is 27.2 Å². The summed E-state index contributed by atoms with van der Waals surface area (Å²) in [6.07, 6.45) is 1.73. The molecule has 5 nitrogen and oxygen atoms in total. The van der Waals surface area contributed by atoms with Crippen LogP contribution in [0.15, 0.2) is 41.3 Å². The number of rotatable bonds is 3. The van der Waals surface area contributed by atoms with Crippen molar-refractivity contribution < 1.29 is 9.63 Å². The van der Waals surface area contributed by atoms with Gasteiger partial charge in [0.1, 0.15) is 0 Å². The van der Waals surface area contributed by atoms with Crippen LogP contribution in [-0.4, -0.2) is 15.7 Å². The SMILES string of the molecule is CC(C)(C)CC(=O)On1cc(-c2ccccc2)[nH]c1=O. The average Bonchev–Trinajstić information content (AvgIpc) is 2.70. The number of benzene rings is 1. The van der Waals surface area contributed by atoms with Crippen LogP contribution in [-0.2, 0) is 4.79 Å². The fourth-order valence-electron chi connectivity index (χ4n) is 1.79. The van der Waals surface area contributed by atoms with Crippen LogP contribution >= 0.6 is 0 Å². The van der Waals surface area contributed by atoms with Gasteiger partial charge in [0.25, 0.3) is 0 Å². The van der Waals surface area contributed by atoms with Crippen LogP contribution in [0.5, 0.6) is 0 Å². The van der Waals surface area contributed by atoms with E-state index >= 15 is 0 Å². The molecule has 0 unspecified atom stereocenters. The van der Waals surface area contributed by atoms with Crippen LogP contribution in [0.4, 0.5) is 0 Å². The quantitative estimate of drug-likeness (QED) is 0.933. The van der Waals surface area contributed by atoms with Gasteiger partial charge in [-0.25, -0.2) is 9.59 Å². The maximum atomic E-state index is 11.7. The normalized spacial score (nSPS) is 11.3. The van der Waals surface area contributed by atoms with Gasteiger partial charge in [0.15, 0.2) is 0 Å². The van der Waals surface area contributed by atoms with Crippen LogP contribution in [0, 0.1) is 5.41 Å². The molecule has 0 spiro atoms. The highest BCUT2D eigenvalue weighted by atomic mass is 16.7. The Labute approximate surface area is 117 Å². The molecule has 1 heterocycles. The van der Waals surface area contributed by atoms with E-state index in [4.69, 9.17) is 4.84 Å². The zero-order valence-corrected chi connectivity index (χ0v) is 11.8. The fourth-order valence-corrected chi connectivity index (χ4v) is 1.79. The number of hydrogen-bond acceptors (Lipinski definition) is 3. The molecule has 2 aromatic rings. The molecule has 1 aromatic carbocycles. The lowest BCUT2D eigenvalue weighted by molar-refractivity contribution is -0.146. The number of imidazole rings is 1. The summed E-state index contributed by atoms with van der Waals surface area (Å²) in [5, 5.41) is 0. The van der Waals surface area contributed by atoms with Crippen LogP contribution in [0.1, 0.15) is 27.2 Å². The van der Waals surface area contributed by atoms with E-state index in [0.717, 1.165) is 10.3 Å². The molecule has 0 aliphatic carbocycles. The Morgan fingerprint density at radius 2 is 1.90 bits per heavy atom. The van der Waals surface area contributed by atoms with Crippen LogP contribution in [0.3, 0.4) is 0 Å². The second-order valence-electron chi connectivity index (χ2n) is 5.87. The van der Waals surface area contributed by atoms with Gasteiger partial charge in [-0.15, -0.1) is 4.73 Å². The topological polar surface area (TPSA) is 64.1 Å². The molecule has 0 bridgehead atoms. The molecule has 1 N–H and O–H groups in total. The summed E-state index contributed by atoms with van der Waals surface area (Å²) in [5.41, 5.74) is 0.819. The standard InChI is InChI=1S/C15H18N2O3/c1-15(2,3)9-13(18)20-17-10-12(16-14(17)19)11-7-5-4-6-8-11/h4-8,10H,9H2,1-3H3,(H,16,19). The lowest BCUT2D eigenvalue weighted by Gasteiger charge is -2.15. The second-order valence-corrected chi connectivity index (χ2v) is 5.87. The Morgan fingerprint density at radius 1 is 1.25 bits per heavy atom. The van der Waals surface area contributed by atoms with Gasteiger partial charge in [-0.2, -0.15) is 0 Å². The summed E-state index contributed by atoms with van der Waals surface area (Å²) in [7, 11) is 0. The summed E-state index contributed by atoms with van der Waals surface area (Å²) in [4.78, 5) is 31.2. The Morgan fingerprint density at radius 3 is 2.50 bits per heavy atom. The van der Waals surface area contributed by atoms with Crippen molar-refractivity contribution in [3.63, 3.8) is 0 Å². The number of carbonyl (C=O) groups is 1.